The second kappa shape index (κ2) is 73.8. The molecule has 0 fully saturated rings. The molecule has 0 rings (SSSR count). The van der Waals surface area contributed by atoms with Gasteiger partial charge in [0, 0.05) is 12.8 Å². The van der Waals surface area contributed by atoms with Crippen LogP contribution in [-0.2, 0) is 14.3 Å². The van der Waals surface area contributed by atoms with Crippen LogP contribution in [0, 0.1) is 0 Å². The summed E-state index contributed by atoms with van der Waals surface area (Å²) in [7, 11) is 0. The third kappa shape index (κ3) is 69.4. The lowest BCUT2D eigenvalue weighted by Gasteiger charge is -2.20. The minimum Gasteiger partial charge on any atom is -0.466 e. The molecule has 3 N–H and O–H groups in total. The number of amides is 1. The number of hydrogen-bond donors (Lipinski definition) is 3. The number of aliphatic hydroxyl groups is 2. The Kier molecular flexibility index (Phi) is 72.3. The summed E-state index contributed by atoms with van der Waals surface area (Å²) in [5.41, 5.74) is 0. The molecule has 2 atom stereocenters. The second-order valence-corrected chi connectivity index (χ2v) is 26.7. The van der Waals surface area contributed by atoms with Gasteiger partial charge in [-0.3, -0.25) is 9.59 Å². The Bertz CT molecular complexity index is 1320. The first-order valence-corrected chi connectivity index (χ1v) is 38.6. The summed E-state index contributed by atoms with van der Waals surface area (Å²) < 4.78 is 5.52. The van der Waals surface area contributed by atoms with Crippen LogP contribution in [0.1, 0.15) is 438 Å². The standard InChI is InChI=1S/C78H151NO5/c1-3-5-7-9-11-13-15-17-19-21-36-40-44-48-52-56-60-64-68-72-78(83)84-73-69-65-61-57-53-49-45-41-38-35-33-31-29-27-25-23-22-24-26-28-30-32-34-37-39-43-47-51-55-59-63-67-71-77(82)79-75(74-80)76(81)70-66-62-58-54-50-46-42-20-18-16-14-12-10-8-6-4-2/h17,19,66,70,75-76,80-81H,3-16,18,20-65,67-69,71-74H2,1-2H3,(H,79,82)/b19-17-,70-66+. The van der Waals surface area contributed by atoms with E-state index in [9.17, 15) is 19.8 Å². The SMILES string of the molecule is CCCCCCCC/C=C\CCCCCCCCCCCC(=O)OCCCCCCCCCCCCCCCCCCCCCCCCCCCCCCCCCCC(=O)NC(CO)C(O)/C=C/CCCCCCCCCCCCCCCC. The minimum atomic E-state index is -0.841. The Morgan fingerprint density at radius 2 is 0.560 bits per heavy atom. The lowest BCUT2D eigenvalue weighted by molar-refractivity contribution is -0.143. The summed E-state index contributed by atoms with van der Waals surface area (Å²) in [5, 5.41) is 23.2. The molecule has 0 radical (unpaired) electrons. The number of esters is 1. The number of rotatable bonds is 73. The maximum atomic E-state index is 12.5. The summed E-state index contributed by atoms with van der Waals surface area (Å²) in [6.07, 6.45) is 94.4. The predicted octanol–water partition coefficient (Wildman–Crippen LogP) is 25.3. The molecule has 1 amide bonds. The fourth-order valence-electron chi connectivity index (χ4n) is 12.3. The van der Waals surface area contributed by atoms with Gasteiger partial charge >= 0.3 is 5.97 Å². The van der Waals surface area contributed by atoms with Crippen molar-refractivity contribution in [3.05, 3.63) is 24.3 Å². The van der Waals surface area contributed by atoms with Gasteiger partial charge in [0.15, 0.2) is 0 Å². The van der Waals surface area contributed by atoms with Crippen LogP contribution in [0.4, 0.5) is 0 Å². The summed E-state index contributed by atoms with van der Waals surface area (Å²) >= 11 is 0. The second-order valence-electron chi connectivity index (χ2n) is 26.7. The highest BCUT2D eigenvalue weighted by Crippen LogP contribution is 2.20. The largest absolute Gasteiger partial charge is 0.466 e. The average molecular weight is 1180 g/mol. The highest BCUT2D eigenvalue weighted by molar-refractivity contribution is 5.76. The van der Waals surface area contributed by atoms with Crippen molar-refractivity contribution in [3.63, 3.8) is 0 Å². The van der Waals surface area contributed by atoms with Crippen molar-refractivity contribution in [1.29, 1.82) is 0 Å². The molecule has 0 aromatic carbocycles. The lowest BCUT2D eigenvalue weighted by atomic mass is 10.0. The van der Waals surface area contributed by atoms with Crippen LogP contribution in [0.2, 0.25) is 0 Å². The molecular formula is C78H151NO5. The molecule has 0 aliphatic rings. The van der Waals surface area contributed by atoms with Crippen molar-refractivity contribution in [2.24, 2.45) is 0 Å². The zero-order chi connectivity index (χ0) is 60.6. The topological polar surface area (TPSA) is 95.9 Å². The van der Waals surface area contributed by atoms with E-state index in [1.165, 1.54) is 372 Å². The van der Waals surface area contributed by atoms with Gasteiger partial charge in [0.25, 0.3) is 0 Å². The van der Waals surface area contributed by atoms with Gasteiger partial charge in [-0.15, -0.1) is 0 Å². The molecule has 0 aliphatic carbocycles. The third-order valence-electron chi connectivity index (χ3n) is 18.2. The molecule has 0 aromatic heterocycles. The van der Waals surface area contributed by atoms with Crippen LogP contribution >= 0.6 is 0 Å². The Morgan fingerprint density at radius 1 is 0.321 bits per heavy atom. The number of allylic oxidation sites excluding steroid dienone is 3. The zero-order valence-electron chi connectivity index (χ0n) is 57.2. The summed E-state index contributed by atoms with van der Waals surface area (Å²) in [6, 6.07) is -0.624. The van der Waals surface area contributed by atoms with Gasteiger partial charge in [0.05, 0.1) is 25.4 Å². The smallest absolute Gasteiger partial charge is 0.305 e. The van der Waals surface area contributed by atoms with E-state index in [1.54, 1.807) is 6.08 Å². The van der Waals surface area contributed by atoms with E-state index < -0.39 is 12.1 Å². The molecule has 6 heteroatoms. The quantitative estimate of drug-likeness (QED) is 0.0320. The van der Waals surface area contributed by atoms with Crippen LogP contribution in [0.25, 0.3) is 0 Å². The number of carbonyl (C=O) groups is 2. The fraction of sp³-hybridized carbons (Fsp3) is 0.923. The number of unbranched alkanes of at least 4 members (excludes halogenated alkanes) is 60. The van der Waals surface area contributed by atoms with E-state index in [4.69, 9.17) is 4.74 Å². The highest BCUT2D eigenvalue weighted by Gasteiger charge is 2.18. The van der Waals surface area contributed by atoms with Crippen molar-refractivity contribution in [3.8, 4) is 0 Å². The van der Waals surface area contributed by atoms with Crippen LogP contribution < -0.4 is 5.32 Å². The third-order valence-corrected chi connectivity index (χ3v) is 18.2. The molecule has 6 nitrogen and oxygen atoms in total. The molecule has 498 valence electrons. The maximum Gasteiger partial charge on any atom is 0.305 e. The Labute approximate surface area is 526 Å². The van der Waals surface area contributed by atoms with Crippen molar-refractivity contribution in [1.82, 2.24) is 5.32 Å². The molecule has 2 unspecified atom stereocenters. The lowest BCUT2D eigenvalue weighted by Crippen LogP contribution is -2.45. The summed E-state index contributed by atoms with van der Waals surface area (Å²) in [5.74, 6) is -0.0387. The first-order valence-electron chi connectivity index (χ1n) is 38.6. The summed E-state index contributed by atoms with van der Waals surface area (Å²) in [4.78, 5) is 24.6. The Morgan fingerprint density at radius 3 is 0.845 bits per heavy atom. The zero-order valence-corrected chi connectivity index (χ0v) is 57.2. The van der Waals surface area contributed by atoms with E-state index in [1.807, 2.05) is 6.08 Å². The molecular weight excluding hydrogens is 1030 g/mol. The van der Waals surface area contributed by atoms with E-state index in [0.717, 1.165) is 38.5 Å². The fourth-order valence-corrected chi connectivity index (χ4v) is 12.3. The number of ether oxygens (including phenoxy) is 1. The molecule has 0 aliphatic heterocycles. The number of hydrogen-bond acceptors (Lipinski definition) is 5. The van der Waals surface area contributed by atoms with Crippen molar-refractivity contribution < 1.29 is 24.5 Å². The molecule has 84 heavy (non-hydrogen) atoms. The van der Waals surface area contributed by atoms with Crippen LogP contribution in [0.5, 0.6) is 0 Å². The predicted molar refractivity (Wildman–Crippen MR) is 370 cm³/mol. The molecule has 0 aromatic rings. The van der Waals surface area contributed by atoms with Gasteiger partial charge in [0.1, 0.15) is 0 Å². The highest BCUT2D eigenvalue weighted by atomic mass is 16.5. The number of nitrogens with one attached hydrogen (secondary N) is 1. The van der Waals surface area contributed by atoms with Gasteiger partial charge in [-0.2, -0.15) is 0 Å². The van der Waals surface area contributed by atoms with Crippen molar-refractivity contribution in [2.75, 3.05) is 13.2 Å². The Balaban J connectivity index is 3.32. The molecule has 0 spiro atoms. The van der Waals surface area contributed by atoms with Crippen molar-refractivity contribution >= 4 is 11.9 Å². The van der Waals surface area contributed by atoms with Gasteiger partial charge in [-0.25, -0.2) is 0 Å². The van der Waals surface area contributed by atoms with Crippen LogP contribution in [-0.4, -0.2) is 47.4 Å². The number of aliphatic hydroxyl groups excluding tert-OH is 2. The normalized spacial score (nSPS) is 12.6. The van der Waals surface area contributed by atoms with Gasteiger partial charge in [0.2, 0.25) is 5.91 Å². The van der Waals surface area contributed by atoms with E-state index in [0.29, 0.717) is 19.4 Å². The number of carbonyl (C=O) groups excluding carboxylic acids is 2. The van der Waals surface area contributed by atoms with Gasteiger partial charge in [-0.1, -0.05) is 391 Å². The summed E-state index contributed by atoms with van der Waals surface area (Å²) in [6.45, 7) is 4.95. The first-order chi connectivity index (χ1) is 41.5. The Hall–Kier alpha value is -1.66. The van der Waals surface area contributed by atoms with E-state index in [-0.39, 0.29) is 18.5 Å². The van der Waals surface area contributed by atoms with Crippen LogP contribution in [0.15, 0.2) is 24.3 Å². The van der Waals surface area contributed by atoms with Gasteiger partial charge < -0.3 is 20.3 Å². The monoisotopic (exact) mass is 1180 g/mol. The van der Waals surface area contributed by atoms with Crippen molar-refractivity contribution in [2.45, 2.75) is 450 Å². The average Bonchev–Trinajstić information content (AvgIpc) is 3.50. The first kappa shape index (κ1) is 82.3. The molecule has 0 saturated carbocycles. The maximum absolute atomic E-state index is 12.5. The molecule has 0 bridgehead atoms. The molecule has 0 saturated heterocycles. The van der Waals surface area contributed by atoms with E-state index in [2.05, 4.69) is 31.3 Å². The van der Waals surface area contributed by atoms with Gasteiger partial charge in [-0.05, 0) is 57.8 Å². The molecule has 0 heterocycles. The van der Waals surface area contributed by atoms with Crippen LogP contribution in [0.3, 0.4) is 0 Å². The minimum absolute atomic E-state index is 0.0214. The van der Waals surface area contributed by atoms with E-state index >= 15 is 0 Å².